The van der Waals surface area contributed by atoms with Crippen LogP contribution in [0.3, 0.4) is 0 Å². The van der Waals surface area contributed by atoms with Crippen LogP contribution in [0.15, 0.2) is 36.4 Å². The fourth-order valence-corrected chi connectivity index (χ4v) is 2.59. The van der Waals surface area contributed by atoms with Crippen molar-refractivity contribution in [1.82, 2.24) is 0 Å². The van der Waals surface area contributed by atoms with Gasteiger partial charge in [0.25, 0.3) is 0 Å². The first kappa shape index (κ1) is 15.2. The lowest BCUT2D eigenvalue weighted by molar-refractivity contribution is -0.114. The molecule has 120 valence electrons. The van der Waals surface area contributed by atoms with E-state index in [0.717, 1.165) is 28.3 Å². The molecule has 0 bridgehead atoms. The van der Waals surface area contributed by atoms with Crippen LogP contribution in [-0.2, 0) is 4.79 Å². The van der Waals surface area contributed by atoms with E-state index in [2.05, 4.69) is 16.7 Å². The van der Waals surface area contributed by atoms with Gasteiger partial charge in [-0.3, -0.25) is 4.79 Å². The van der Waals surface area contributed by atoms with Gasteiger partial charge in [0, 0.05) is 17.4 Å². The maximum Gasteiger partial charge on any atom is 0.243 e. The lowest BCUT2D eigenvalue weighted by Crippen LogP contribution is -2.22. The van der Waals surface area contributed by atoms with E-state index in [4.69, 9.17) is 9.47 Å². The van der Waals surface area contributed by atoms with Crippen molar-refractivity contribution < 1.29 is 14.3 Å². The maximum absolute atomic E-state index is 12.1. The van der Waals surface area contributed by atoms with Gasteiger partial charge < -0.3 is 20.1 Å². The summed E-state index contributed by atoms with van der Waals surface area (Å²) >= 11 is 0. The Labute approximate surface area is 135 Å². The zero-order valence-electron chi connectivity index (χ0n) is 13.3. The quantitative estimate of drug-likeness (QED) is 0.910. The molecule has 3 rings (SSSR count). The van der Waals surface area contributed by atoms with Crippen LogP contribution in [0.4, 0.5) is 11.4 Å². The smallest absolute Gasteiger partial charge is 0.243 e. The average Bonchev–Trinajstić information content (AvgIpc) is 2.52. The fourth-order valence-electron chi connectivity index (χ4n) is 2.59. The molecule has 1 aliphatic heterocycles. The number of carbonyl (C=O) groups excluding carboxylic acids is 1. The van der Waals surface area contributed by atoms with E-state index in [0.29, 0.717) is 19.0 Å². The molecule has 0 aliphatic carbocycles. The summed E-state index contributed by atoms with van der Waals surface area (Å²) < 4.78 is 11.0. The van der Waals surface area contributed by atoms with E-state index in [1.807, 2.05) is 44.2 Å². The first-order chi connectivity index (χ1) is 11.1. The molecule has 5 heteroatoms. The van der Waals surface area contributed by atoms with Crippen LogP contribution in [0.25, 0.3) is 0 Å². The molecule has 2 N–H and O–H groups in total. The van der Waals surface area contributed by atoms with Crippen molar-refractivity contribution in [3.05, 3.63) is 47.5 Å². The summed E-state index contributed by atoms with van der Waals surface area (Å²) in [5.74, 6) is 1.35. The molecule has 0 saturated heterocycles. The predicted octanol–water partition coefficient (Wildman–Crippen LogP) is 3.13. The lowest BCUT2D eigenvalue weighted by atomic mass is 10.1. The van der Waals surface area contributed by atoms with Gasteiger partial charge in [0.05, 0.1) is 6.54 Å². The largest absolute Gasteiger partial charge is 0.486 e. The van der Waals surface area contributed by atoms with Gasteiger partial charge in [-0.15, -0.1) is 0 Å². The second kappa shape index (κ2) is 6.60. The molecule has 0 aromatic heterocycles. The maximum atomic E-state index is 12.1. The van der Waals surface area contributed by atoms with Crippen LogP contribution in [0.2, 0.25) is 0 Å². The molecule has 0 fully saturated rings. The molecule has 2 aromatic carbocycles. The highest BCUT2D eigenvalue weighted by Gasteiger charge is 2.12. The Bertz CT molecular complexity index is 708. The minimum atomic E-state index is -0.0927. The van der Waals surface area contributed by atoms with Gasteiger partial charge in [0.15, 0.2) is 11.5 Å². The van der Waals surface area contributed by atoms with Crippen molar-refractivity contribution >= 4 is 17.3 Å². The Kier molecular flexibility index (Phi) is 4.37. The zero-order chi connectivity index (χ0) is 16.2. The van der Waals surface area contributed by atoms with E-state index in [1.165, 1.54) is 0 Å². The van der Waals surface area contributed by atoms with Gasteiger partial charge in [-0.05, 0) is 49.2 Å². The predicted molar refractivity (Wildman–Crippen MR) is 90.5 cm³/mol. The molecule has 1 amide bonds. The first-order valence-electron chi connectivity index (χ1n) is 7.62. The number of aryl methyl sites for hydroxylation is 2. The SMILES string of the molecule is Cc1cc(C)cc(NC(=O)CNc2ccc3c(c2)OCCO3)c1. The van der Waals surface area contributed by atoms with E-state index in [-0.39, 0.29) is 12.5 Å². The summed E-state index contributed by atoms with van der Waals surface area (Å²) in [6.07, 6.45) is 0. The van der Waals surface area contributed by atoms with Crippen molar-refractivity contribution in [2.24, 2.45) is 0 Å². The van der Waals surface area contributed by atoms with Crippen LogP contribution in [0.5, 0.6) is 11.5 Å². The van der Waals surface area contributed by atoms with Gasteiger partial charge in [-0.25, -0.2) is 0 Å². The third-order valence-electron chi connectivity index (χ3n) is 3.50. The average molecular weight is 312 g/mol. The van der Waals surface area contributed by atoms with Gasteiger partial charge in [-0.1, -0.05) is 6.07 Å². The van der Waals surface area contributed by atoms with Gasteiger partial charge in [0.2, 0.25) is 5.91 Å². The molecule has 2 aromatic rings. The molecule has 0 spiro atoms. The lowest BCUT2D eigenvalue weighted by Gasteiger charge is -2.19. The fraction of sp³-hybridized carbons (Fsp3) is 0.278. The number of benzene rings is 2. The van der Waals surface area contributed by atoms with E-state index in [9.17, 15) is 4.79 Å². The van der Waals surface area contributed by atoms with Crippen molar-refractivity contribution in [3.8, 4) is 11.5 Å². The summed E-state index contributed by atoms with van der Waals surface area (Å²) in [7, 11) is 0. The van der Waals surface area contributed by atoms with Crippen LogP contribution < -0.4 is 20.1 Å². The molecule has 0 atom stereocenters. The number of anilines is 2. The molecule has 0 radical (unpaired) electrons. The van der Waals surface area contributed by atoms with Crippen molar-refractivity contribution in [1.29, 1.82) is 0 Å². The molecular weight excluding hydrogens is 292 g/mol. The van der Waals surface area contributed by atoms with Gasteiger partial charge in [-0.2, -0.15) is 0 Å². The number of hydrogen-bond donors (Lipinski definition) is 2. The molecular formula is C18H20N2O3. The highest BCUT2D eigenvalue weighted by atomic mass is 16.6. The Morgan fingerprint density at radius 3 is 2.39 bits per heavy atom. The van der Waals surface area contributed by atoms with E-state index >= 15 is 0 Å². The summed E-state index contributed by atoms with van der Waals surface area (Å²) in [6, 6.07) is 11.5. The molecule has 23 heavy (non-hydrogen) atoms. The van der Waals surface area contributed by atoms with Crippen LogP contribution in [0, 0.1) is 13.8 Å². The molecule has 1 aliphatic rings. The number of amides is 1. The summed E-state index contributed by atoms with van der Waals surface area (Å²) in [6.45, 7) is 5.32. The van der Waals surface area contributed by atoms with Crippen LogP contribution in [-0.4, -0.2) is 25.7 Å². The monoisotopic (exact) mass is 312 g/mol. The molecule has 0 saturated carbocycles. The Balaban J connectivity index is 1.58. The number of carbonyl (C=O) groups is 1. The molecule has 1 heterocycles. The van der Waals surface area contributed by atoms with Crippen LogP contribution >= 0.6 is 0 Å². The van der Waals surface area contributed by atoms with Gasteiger partial charge >= 0.3 is 0 Å². The second-order valence-corrected chi connectivity index (χ2v) is 5.64. The number of rotatable bonds is 4. The third-order valence-corrected chi connectivity index (χ3v) is 3.50. The van der Waals surface area contributed by atoms with Crippen molar-refractivity contribution in [2.75, 3.05) is 30.4 Å². The summed E-state index contributed by atoms with van der Waals surface area (Å²) in [5.41, 5.74) is 3.89. The third kappa shape index (κ3) is 3.94. The van der Waals surface area contributed by atoms with Crippen molar-refractivity contribution in [3.63, 3.8) is 0 Å². The Hall–Kier alpha value is -2.69. The summed E-state index contributed by atoms with van der Waals surface area (Å²) in [5, 5.41) is 6.00. The minimum absolute atomic E-state index is 0.0927. The topological polar surface area (TPSA) is 59.6 Å². The second-order valence-electron chi connectivity index (χ2n) is 5.64. The summed E-state index contributed by atoms with van der Waals surface area (Å²) in [4.78, 5) is 12.1. The number of nitrogens with one attached hydrogen (secondary N) is 2. The highest BCUT2D eigenvalue weighted by Crippen LogP contribution is 2.32. The standard InChI is InChI=1S/C18H20N2O3/c1-12-7-13(2)9-15(8-12)20-18(21)11-19-14-3-4-16-17(10-14)23-6-5-22-16/h3-4,7-10,19H,5-6,11H2,1-2H3,(H,20,21). The van der Waals surface area contributed by atoms with E-state index < -0.39 is 0 Å². The van der Waals surface area contributed by atoms with E-state index in [1.54, 1.807) is 0 Å². The molecule has 0 unspecified atom stereocenters. The van der Waals surface area contributed by atoms with Gasteiger partial charge in [0.1, 0.15) is 13.2 Å². The Morgan fingerprint density at radius 1 is 0.957 bits per heavy atom. The number of hydrogen-bond acceptors (Lipinski definition) is 4. The first-order valence-corrected chi connectivity index (χ1v) is 7.62. The highest BCUT2D eigenvalue weighted by molar-refractivity contribution is 5.94. The number of fused-ring (bicyclic) bond motifs is 1. The minimum Gasteiger partial charge on any atom is -0.486 e. The Morgan fingerprint density at radius 2 is 1.65 bits per heavy atom. The normalized spacial score (nSPS) is 12.6. The zero-order valence-corrected chi connectivity index (χ0v) is 13.3. The molecule has 5 nitrogen and oxygen atoms in total. The van der Waals surface area contributed by atoms with Crippen molar-refractivity contribution in [2.45, 2.75) is 13.8 Å². The number of ether oxygens (including phenoxy) is 2. The van der Waals surface area contributed by atoms with Crippen LogP contribution in [0.1, 0.15) is 11.1 Å².